The summed E-state index contributed by atoms with van der Waals surface area (Å²) in [6.07, 6.45) is 1.90. The maximum atomic E-state index is 12.8. The predicted molar refractivity (Wildman–Crippen MR) is 74.0 cm³/mol. The number of alkyl halides is 3. The number of nitrogens with one attached hydrogen (secondary N) is 1. The maximum absolute atomic E-state index is 12.8. The normalized spacial score (nSPS) is 20.5. The average molecular weight is 313 g/mol. The van der Waals surface area contributed by atoms with Gasteiger partial charge in [-0.2, -0.15) is 13.2 Å². The van der Waals surface area contributed by atoms with Crippen LogP contribution >= 0.6 is 0 Å². The number of aryl methyl sites for hydroxylation is 1. The number of aromatic amines is 1. The number of hydrogen-bond acceptors (Lipinski definition) is 3. The first kappa shape index (κ1) is 15.1. The third kappa shape index (κ3) is 3.16. The van der Waals surface area contributed by atoms with Gasteiger partial charge in [-0.25, -0.2) is 9.97 Å². The quantitative estimate of drug-likeness (QED) is 0.947. The van der Waals surface area contributed by atoms with Gasteiger partial charge < -0.3 is 9.55 Å². The molecule has 0 unspecified atom stereocenters. The molecule has 1 atom stereocenters. The number of likely N-dealkylation sites (tertiary alicyclic amines) is 1. The molecule has 5 nitrogen and oxygen atoms in total. The first-order valence-corrected chi connectivity index (χ1v) is 7.23. The van der Waals surface area contributed by atoms with Crippen molar-refractivity contribution in [3.8, 4) is 0 Å². The van der Waals surface area contributed by atoms with E-state index in [1.54, 1.807) is 19.6 Å². The minimum Gasteiger partial charge on any atom is -0.347 e. The molecule has 1 aliphatic heterocycles. The highest BCUT2D eigenvalue weighted by atomic mass is 19.4. The molecular formula is C14H18F3N5. The van der Waals surface area contributed by atoms with Crippen LogP contribution in [-0.4, -0.2) is 37.5 Å². The van der Waals surface area contributed by atoms with Crippen LogP contribution < -0.4 is 0 Å². The lowest BCUT2D eigenvalue weighted by molar-refractivity contribution is -0.141. The highest BCUT2D eigenvalue weighted by Gasteiger charge is 2.36. The van der Waals surface area contributed by atoms with Crippen molar-refractivity contribution < 1.29 is 13.2 Å². The summed E-state index contributed by atoms with van der Waals surface area (Å²) in [5.74, 6) is 0.541. The number of nitrogens with zero attached hydrogens (tertiary/aromatic N) is 4. The number of imidazole rings is 2. The maximum Gasteiger partial charge on any atom is 0.434 e. The molecule has 3 rings (SSSR count). The predicted octanol–water partition coefficient (Wildman–Crippen LogP) is 2.54. The van der Waals surface area contributed by atoms with E-state index in [1.807, 2.05) is 0 Å². The van der Waals surface area contributed by atoms with E-state index in [2.05, 4.69) is 19.9 Å². The van der Waals surface area contributed by atoms with Crippen molar-refractivity contribution in [1.82, 2.24) is 24.4 Å². The molecule has 0 amide bonds. The topological polar surface area (TPSA) is 49.7 Å². The summed E-state index contributed by atoms with van der Waals surface area (Å²) in [6, 6.07) is 0. The standard InChI is InChI=1S/C14H18F3N5/c1-21-8-12(14(15,16)17)20-13(21)10-3-2-4-22(6-10)7-11-5-18-9-19-11/h5,8-10H,2-4,6-7H2,1H3,(H,18,19)/t10-/m0/s1. The number of piperidine rings is 1. The first-order chi connectivity index (χ1) is 10.4. The third-order valence-electron chi connectivity index (χ3n) is 4.02. The van der Waals surface area contributed by atoms with Gasteiger partial charge in [0.1, 0.15) is 5.82 Å². The van der Waals surface area contributed by atoms with Crippen molar-refractivity contribution >= 4 is 0 Å². The van der Waals surface area contributed by atoms with Gasteiger partial charge in [0.05, 0.1) is 6.33 Å². The summed E-state index contributed by atoms with van der Waals surface area (Å²) in [6.45, 7) is 2.38. The highest BCUT2D eigenvalue weighted by molar-refractivity contribution is 5.12. The van der Waals surface area contributed by atoms with E-state index in [0.29, 0.717) is 12.4 Å². The average Bonchev–Trinajstić information content (AvgIpc) is 3.08. The van der Waals surface area contributed by atoms with Gasteiger partial charge in [-0.15, -0.1) is 0 Å². The van der Waals surface area contributed by atoms with Gasteiger partial charge in [0.2, 0.25) is 0 Å². The lowest BCUT2D eigenvalue weighted by atomic mass is 9.97. The zero-order valence-corrected chi connectivity index (χ0v) is 12.3. The van der Waals surface area contributed by atoms with Crippen LogP contribution in [0.25, 0.3) is 0 Å². The molecule has 0 aliphatic carbocycles. The van der Waals surface area contributed by atoms with Gasteiger partial charge >= 0.3 is 6.18 Å². The SMILES string of the molecule is Cn1cc(C(F)(F)F)nc1[C@H]1CCCN(Cc2cnc[nH]2)C1. The second-order valence-electron chi connectivity index (χ2n) is 5.74. The van der Waals surface area contributed by atoms with Gasteiger partial charge in [0.15, 0.2) is 5.69 Å². The fourth-order valence-corrected chi connectivity index (χ4v) is 3.02. The number of hydrogen-bond donors (Lipinski definition) is 1. The second kappa shape index (κ2) is 5.75. The Bertz CT molecular complexity index is 617. The molecule has 2 aromatic rings. The Morgan fingerprint density at radius 1 is 1.41 bits per heavy atom. The van der Waals surface area contributed by atoms with E-state index in [-0.39, 0.29) is 5.92 Å². The van der Waals surface area contributed by atoms with Crippen LogP contribution in [-0.2, 0) is 19.8 Å². The summed E-state index contributed by atoms with van der Waals surface area (Å²) < 4.78 is 39.8. The molecule has 22 heavy (non-hydrogen) atoms. The van der Waals surface area contributed by atoms with Crippen molar-refractivity contribution in [3.63, 3.8) is 0 Å². The molecule has 0 spiro atoms. The summed E-state index contributed by atoms with van der Waals surface area (Å²) >= 11 is 0. The third-order valence-corrected chi connectivity index (χ3v) is 4.02. The molecule has 2 aromatic heterocycles. The molecule has 0 bridgehead atoms. The molecule has 0 radical (unpaired) electrons. The van der Waals surface area contributed by atoms with Gasteiger partial charge in [0.25, 0.3) is 0 Å². The fraction of sp³-hybridized carbons (Fsp3) is 0.571. The van der Waals surface area contributed by atoms with Crippen molar-refractivity contribution in [2.45, 2.75) is 31.5 Å². The lowest BCUT2D eigenvalue weighted by Crippen LogP contribution is -2.34. The van der Waals surface area contributed by atoms with E-state index in [1.165, 1.54) is 4.57 Å². The van der Waals surface area contributed by atoms with Gasteiger partial charge in [-0.3, -0.25) is 4.90 Å². The number of rotatable bonds is 3. The Kier molecular flexibility index (Phi) is 3.94. The summed E-state index contributed by atoms with van der Waals surface area (Å²) in [4.78, 5) is 13.1. The van der Waals surface area contributed by atoms with Crippen LogP contribution in [0.1, 0.15) is 36.0 Å². The first-order valence-electron chi connectivity index (χ1n) is 7.23. The molecule has 3 heterocycles. The Balaban J connectivity index is 1.73. The number of H-pyrrole nitrogens is 1. The van der Waals surface area contributed by atoms with E-state index >= 15 is 0 Å². The molecule has 120 valence electrons. The molecule has 0 aromatic carbocycles. The summed E-state index contributed by atoms with van der Waals surface area (Å²) in [7, 11) is 1.63. The molecule has 0 saturated carbocycles. The van der Waals surface area contributed by atoms with Gasteiger partial charge in [-0.05, 0) is 19.4 Å². The number of aromatic nitrogens is 4. The smallest absolute Gasteiger partial charge is 0.347 e. The van der Waals surface area contributed by atoms with Crippen LogP contribution in [0.15, 0.2) is 18.7 Å². The fourth-order valence-electron chi connectivity index (χ4n) is 3.02. The van der Waals surface area contributed by atoms with Crippen LogP contribution in [0.5, 0.6) is 0 Å². The molecule has 1 N–H and O–H groups in total. The van der Waals surface area contributed by atoms with Crippen molar-refractivity contribution in [2.24, 2.45) is 7.05 Å². The second-order valence-corrected chi connectivity index (χ2v) is 5.74. The van der Waals surface area contributed by atoms with E-state index in [4.69, 9.17) is 0 Å². The van der Waals surface area contributed by atoms with Gasteiger partial charge in [-0.1, -0.05) is 0 Å². The molecule has 1 aliphatic rings. The zero-order valence-electron chi connectivity index (χ0n) is 12.3. The monoisotopic (exact) mass is 313 g/mol. The Morgan fingerprint density at radius 3 is 2.86 bits per heavy atom. The molecule has 1 saturated heterocycles. The molecule has 8 heteroatoms. The molecule has 1 fully saturated rings. The number of halogens is 3. The largest absolute Gasteiger partial charge is 0.434 e. The Hall–Kier alpha value is -1.83. The van der Waals surface area contributed by atoms with Gasteiger partial charge in [0, 0.05) is 44.1 Å². The Labute approximate surface area is 126 Å². The van der Waals surface area contributed by atoms with Crippen LogP contribution in [0.2, 0.25) is 0 Å². The summed E-state index contributed by atoms with van der Waals surface area (Å²) in [5.41, 5.74) is 0.201. The van der Waals surface area contributed by atoms with E-state index < -0.39 is 11.9 Å². The lowest BCUT2D eigenvalue weighted by Gasteiger charge is -2.31. The van der Waals surface area contributed by atoms with Crippen molar-refractivity contribution in [2.75, 3.05) is 13.1 Å². The zero-order chi connectivity index (χ0) is 15.7. The van der Waals surface area contributed by atoms with Crippen LogP contribution in [0.4, 0.5) is 13.2 Å². The highest BCUT2D eigenvalue weighted by Crippen LogP contribution is 2.32. The minimum absolute atomic E-state index is 0.0257. The van der Waals surface area contributed by atoms with Crippen molar-refractivity contribution in [3.05, 3.63) is 35.9 Å². The van der Waals surface area contributed by atoms with Crippen molar-refractivity contribution in [1.29, 1.82) is 0 Å². The van der Waals surface area contributed by atoms with E-state index in [0.717, 1.165) is 37.8 Å². The van der Waals surface area contributed by atoms with Crippen LogP contribution in [0.3, 0.4) is 0 Å². The summed E-state index contributed by atoms with van der Waals surface area (Å²) in [5, 5.41) is 0. The molecular weight excluding hydrogens is 295 g/mol. The van der Waals surface area contributed by atoms with E-state index in [9.17, 15) is 13.2 Å². The Morgan fingerprint density at radius 2 is 2.23 bits per heavy atom. The van der Waals surface area contributed by atoms with Crippen LogP contribution in [0, 0.1) is 0 Å². The minimum atomic E-state index is -4.39.